The van der Waals surface area contributed by atoms with Crippen molar-refractivity contribution in [3.8, 4) is 16.3 Å². The summed E-state index contributed by atoms with van der Waals surface area (Å²) in [6.45, 7) is 6.19. The van der Waals surface area contributed by atoms with Gasteiger partial charge in [-0.25, -0.2) is 4.98 Å². The van der Waals surface area contributed by atoms with E-state index in [0.717, 1.165) is 58.7 Å². The number of amides is 2. The topological polar surface area (TPSA) is 92.6 Å². The molecule has 0 aliphatic carbocycles. The Morgan fingerprint density at radius 3 is 2.55 bits per heavy atom. The SMILES string of the molecule is COc1ccc(-c2nc(C(=O)Nc3cc4cn(CC(=O)N5CCC(N6CCCC6)CC5)nc4cc3C)cs2)cc1. The molecular formula is C30H34N6O3S. The maximum atomic E-state index is 13.0. The molecule has 2 fully saturated rings. The number of anilines is 1. The average Bonchev–Trinajstić information content (AvgIpc) is 3.75. The van der Waals surface area contributed by atoms with Crippen molar-refractivity contribution < 1.29 is 14.3 Å². The lowest BCUT2D eigenvalue weighted by molar-refractivity contribution is -0.133. The van der Waals surface area contributed by atoms with Crippen molar-refractivity contribution in [1.82, 2.24) is 24.6 Å². The number of benzene rings is 2. The van der Waals surface area contributed by atoms with Crippen LogP contribution < -0.4 is 10.1 Å². The Labute approximate surface area is 237 Å². The van der Waals surface area contributed by atoms with E-state index in [1.165, 1.54) is 37.3 Å². The fraction of sp³-hybridized carbons (Fsp3) is 0.400. The van der Waals surface area contributed by atoms with Crippen molar-refractivity contribution in [3.63, 3.8) is 0 Å². The van der Waals surface area contributed by atoms with Crippen molar-refractivity contribution in [2.75, 3.05) is 38.6 Å². The van der Waals surface area contributed by atoms with Gasteiger partial charge < -0.3 is 19.9 Å². The van der Waals surface area contributed by atoms with E-state index in [-0.39, 0.29) is 18.4 Å². The summed E-state index contributed by atoms with van der Waals surface area (Å²) in [5.74, 6) is 0.613. The van der Waals surface area contributed by atoms with Crippen LogP contribution in [0.4, 0.5) is 5.69 Å². The second-order valence-electron chi connectivity index (χ2n) is 10.6. The van der Waals surface area contributed by atoms with E-state index in [4.69, 9.17) is 4.74 Å². The molecular weight excluding hydrogens is 524 g/mol. The van der Waals surface area contributed by atoms with Crippen molar-refractivity contribution in [3.05, 3.63) is 59.2 Å². The van der Waals surface area contributed by atoms with Crippen molar-refractivity contribution in [1.29, 1.82) is 0 Å². The number of methoxy groups -OCH3 is 1. The summed E-state index contributed by atoms with van der Waals surface area (Å²) in [6, 6.07) is 12.1. The minimum absolute atomic E-state index is 0.106. The third-order valence-corrected chi connectivity index (χ3v) is 8.88. The van der Waals surface area contributed by atoms with Crippen LogP contribution >= 0.6 is 11.3 Å². The number of carbonyl (C=O) groups excluding carboxylic acids is 2. The number of carbonyl (C=O) groups is 2. The van der Waals surface area contributed by atoms with Crippen LogP contribution in [0.3, 0.4) is 0 Å². The summed E-state index contributed by atoms with van der Waals surface area (Å²) in [5.41, 5.74) is 3.69. The molecule has 0 saturated carbocycles. The van der Waals surface area contributed by atoms with Gasteiger partial charge in [0.15, 0.2) is 0 Å². The Balaban J connectivity index is 1.09. The first-order valence-electron chi connectivity index (χ1n) is 13.9. The molecule has 1 N–H and O–H groups in total. The number of rotatable bonds is 7. The lowest BCUT2D eigenvalue weighted by atomic mass is 10.0. The van der Waals surface area contributed by atoms with Gasteiger partial charge in [-0.3, -0.25) is 14.3 Å². The normalized spacial score (nSPS) is 16.5. The van der Waals surface area contributed by atoms with Gasteiger partial charge in [0.2, 0.25) is 5.91 Å². The molecule has 2 aliphatic rings. The first-order valence-corrected chi connectivity index (χ1v) is 14.8. The zero-order valence-electron chi connectivity index (χ0n) is 22.9. The molecule has 6 rings (SSSR count). The van der Waals surface area contributed by atoms with Crippen LogP contribution in [-0.4, -0.2) is 75.7 Å². The maximum Gasteiger partial charge on any atom is 0.275 e. The Morgan fingerprint density at radius 1 is 1.07 bits per heavy atom. The molecule has 9 nitrogen and oxygen atoms in total. The van der Waals surface area contributed by atoms with Gasteiger partial charge in [0.1, 0.15) is 23.0 Å². The summed E-state index contributed by atoms with van der Waals surface area (Å²) < 4.78 is 6.93. The van der Waals surface area contributed by atoms with Crippen LogP contribution in [0.25, 0.3) is 21.5 Å². The third kappa shape index (κ3) is 5.59. The number of thiazole rings is 1. The summed E-state index contributed by atoms with van der Waals surface area (Å²) in [5, 5.41) is 11.0. The smallest absolute Gasteiger partial charge is 0.275 e. The van der Waals surface area contributed by atoms with E-state index < -0.39 is 0 Å². The fourth-order valence-corrected chi connectivity index (χ4v) is 6.51. The number of ether oxygens (including phenoxy) is 1. The highest BCUT2D eigenvalue weighted by Gasteiger charge is 2.28. The highest BCUT2D eigenvalue weighted by Crippen LogP contribution is 2.28. The van der Waals surface area contributed by atoms with E-state index in [9.17, 15) is 9.59 Å². The van der Waals surface area contributed by atoms with Gasteiger partial charge in [0, 0.05) is 47.3 Å². The Kier molecular flexibility index (Phi) is 7.53. The Morgan fingerprint density at radius 2 is 1.82 bits per heavy atom. The van der Waals surface area contributed by atoms with Crippen LogP contribution in [-0.2, 0) is 11.3 Å². The minimum Gasteiger partial charge on any atom is -0.497 e. The molecule has 10 heteroatoms. The molecule has 0 spiro atoms. The Bertz CT molecular complexity index is 1510. The van der Waals surface area contributed by atoms with Crippen molar-refractivity contribution in [2.45, 2.75) is 45.2 Å². The molecule has 0 radical (unpaired) electrons. The zero-order valence-corrected chi connectivity index (χ0v) is 23.7. The highest BCUT2D eigenvalue weighted by molar-refractivity contribution is 7.13. The first kappa shape index (κ1) is 26.5. The van der Waals surface area contributed by atoms with E-state index in [1.807, 2.05) is 54.4 Å². The number of aromatic nitrogens is 3. The van der Waals surface area contributed by atoms with Gasteiger partial charge in [-0.1, -0.05) is 0 Å². The summed E-state index contributed by atoms with van der Waals surface area (Å²) in [6.07, 6.45) is 6.58. The van der Waals surface area contributed by atoms with Crippen LogP contribution in [0, 0.1) is 6.92 Å². The average molecular weight is 559 g/mol. The van der Waals surface area contributed by atoms with Crippen LogP contribution in [0.5, 0.6) is 5.75 Å². The van der Waals surface area contributed by atoms with Gasteiger partial charge >= 0.3 is 0 Å². The molecule has 208 valence electrons. The number of piperidine rings is 1. The van der Waals surface area contributed by atoms with Gasteiger partial charge in [0.05, 0.1) is 12.6 Å². The quantitative estimate of drug-likeness (QED) is 0.350. The van der Waals surface area contributed by atoms with Gasteiger partial charge in [0.25, 0.3) is 5.91 Å². The van der Waals surface area contributed by atoms with Crippen LogP contribution in [0.1, 0.15) is 41.7 Å². The molecule has 2 amide bonds. The summed E-state index contributed by atoms with van der Waals surface area (Å²) in [7, 11) is 1.63. The molecule has 0 unspecified atom stereocenters. The minimum atomic E-state index is -0.265. The number of hydrogen-bond donors (Lipinski definition) is 1. The molecule has 4 aromatic rings. The predicted molar refractivity (Wildman–Crippen MR) is 157 cm³/mol. The summed E-state index contributed by atoms with van der Waals surface area (Å²) >= 11 is 1.42. The fourth-order valence-electron chi connectivity index (χ4n) is 5.70. The molecule has 2 aromatic carbocycles. The van der Waals surface area contributed by atoms with Gasteiger partial charge in [-0.2, -0.15) is 5.10 Å². The van der Waals surface area contributed by atoms with Crippen LogP contribution in [0.2, 0.25) is 0 Å². The van der Waals surface area contributed by atoms with Gasteiger partial charge in [-0.15, -0.1) is 11.3 Å². The first-order chi connectivity index (χ1) is 19.5. The standard InChI is InChI=1S/C30H34N6O3S/c1-20-15-26-22(17-36(33-26)18-28(37)35-13-9-23(10-14-35)34-11-3-4-12-34)16-25(20)31-29(38)27-19-40-30(32-27)21-5-7-24(39-2)8-6-21/h5-8,15-17,19,23H,3-4,9-14,18H2,1-2H3,(H,31,38). The maximum absolute atomic E-state index is 13.0. The molecule has 2 saturated heterocycles. The number of aryl methyl sites for hydroxylation is 1. The van der Waals surface area contributed by atoms with Gasteiger partial charge in [-0.05, 0) is 87.7 Å². The summed E-state index contributed by atoms with van der Waals surface area (Å²) in [4.78, 5) is 35.2. The second kappa shape index (κ2) is 11.4. The lowest BCUT2D eigenvalue weighted by Gasteiger charge is -2.36. The molecule has 40 heavy (non-hydrogen) atoms. The van der Waals surface area contributed by atoms with E-state index in [1.54, 1.807) is 17.2 Å². The number of nitrogens with one attached hydrogen (secondary N) is 1. The second-order valence-corrected chi connectivity index (χ2v) is 11.5. The highest BCUT2D eigenvalue weighted by atomic mass is 32.1. The van der Waals surface area contributed by atoms with Crippen LogP contribution in [0.15, 0.2) is 48.0 Å². The molecule has 0 bridgehead atoms. The largest absolute Gasteiger partial charge is 0.497 e. The third-order valence-electron chi connectivity index (χ3n) is 7.99. The van der Waals surface area contributed by atoms with Crippen molar-refractivity contribution in [2.24, 2.45) is 0 Å². The molecule has 2 aromatic heterocycles. The monoisotopic (exact) mass is 558 g/mol. The lowest BCUT2D eigenvalue weighted by Crippen LogP contribution is -2.46. The van der Waals surface area contributed by atoms with Crippen molar-refractivity contribution >= 4 is 39.7 Å². The number of hydrogen-bond acceptors (Lipinski definition) is 7. The predicted octanol–water partition coefficient (Wildman–Crippen LogP) is 4.82. The molecule has 4 heterocycles. The molecule has 0 atom stereocenters. The zero-order chi connectivity index (χ0) is 27.6. The Hall–Kier alpha value is -3.76. The van der Waals surface area contributed by atoms with E-state index in [0.29, 0.717) is 17.4 Å². The van der Waals surface area contributed by atoms with E-state index >= 15 is 0 Å². The van der Waals surface area contributed by atoms with E-state index in [2.05, 4.69) is 20.3 Å². The molecule has 2 aliphatic heterocycles. The number of nitrogens with zero attached hydrogens (tertiary/aromatic N) is 5. The number of likely N-dealkylation sites (tertiary alicyclic amines) is 2. The number of fused-ring (bicyclic) bond motifs is 1.